The van der Waals surface area contributed by atoms with Crippen LogP contribution in [-0.2, 0) is 16.1 Å². The van der Waals surface area contributed by atoms with E-state index >= 15 is 0 Å². The molecule has 1 aromatic carbocycles. The lowest BCUT2D eigenvalue weighted by atomic mass is 10.0. The molecule has 116 valence electrons. The van der Waals surface area contributed by atoms with Crippen LogP contribution >= 0.6 is 11.3 Å². The van der Waals surface area contributed by atoms with Crippen LogP contribution in [0.1, 0.15) is 29.3 Å². The number of nitrogens with zero attached hydrogens (tertiary/aromatic N) is 2. The number of rotatable bonds is 4. The van der Waals surface area contributed by atoms with Gasteiger partial charge >= 0.3 is 5.97 Å². The van der Waals surface area contributed by atoms with Crippen molar-refractivity contribution in [2.24, 2.45) is 0 Å². The third-order valence-electron chi connectivity index (χ3n) is 4.08. The molecule has 0 saturated carbocycles. The van der Waals surface area contributed by atoms with Crippen molar-refractivity contribution >= 4 is 22.4 Å². The second-order valence-electron chi connectivity index (χ2n) is 5.38. The lowest BCUT2D eigenvalue weighted by Crippen LogP contribution is -2.37. The quantitative estimate of drug-likeness (QED) is 0.878. The number of ether oxygens (including phenoxy) is 1. The molecule has 1 aliphatic heterocycles. The maximum Gasteiger partial charge on any atom is 0.323 e. The molecule has 2 N–H and O–H groups in total. The Kier molecular flexibility index (Phi) is 4.40. The summed E-state index contributed by atoms with van der Waals surface area (Å²) in [6, 6.07) is 10.3. The molecular formula is C16H19N3O2S. The van der Waals surface area contributed by atoms with Crippen LogP contribution in [0.25, 0.3) is 0 Å². The molecule has 2 atom stereocenters. The summed E-state index contributed by atoms with van der Waals surface area (Å²) >= 11 is 1.47. The Labute approximate surface area is 133 Å². The highest BCUT2D eigenvalue weighted by atomic mass is 32.1. The maximum absolute atomic E-state index is 12.1. The number of hydrogen-bond acceptors (Lipinski definition) is 6. The minimum Gasteiger partial charge on any atom is -0.468 e. The summed E-state index contributed by atoms with van der Waals surface area (Å²) in [6.07, 6.45) is 3.54. The molecule has 5 nitrogen and oxygen atoms in total. The van der Waals surface area contributed by atoms with E-state index in [1.165, 1.54) is 24.0 Å². The van der Waals surface area contributed by atoms with E-state index in [0.29, 0.717) is 11.7 Å². The number of thiazole rings is 1. The Morgan fingerprint density at radius 2 is 2.18 bits per heavy atom. The molecule has 1 aromatic heterocycles. The van der Waals surface area contributed by atoms with Gasteiger partial charge in [-0.05, 0) is 18.4 Å². The monoisotopic (exact) mass is 317 g/mol. The molecule has 0 spiro atoms. The van der Waals surface area contributed by atoms with Gasteiger partial charge in [0.05, 0.1) is 7.11 Å². The van der Waals surface area contributed by atoms with Crippen LogP contribution in [0.5, 0.6) is 0 Å². The van der Waals surface area contributed by atoms with Crippen molar-refractivity contribution in [3.05, 3.63) is 47.0 Å². The highest BCUT2D eigenvalue weighted by Gasteiger charge is 2.39. The summed E-state index contributed by atoms with van der Waals surface area (Å²) in [5.41, 5.74) is 6.94. The van der Waals surface area contributed by atoms with Gasteiger partial charge in [-0.1, -0.05) is 30.3 Å². The van der Waals surface area contributed by atoms with E-state index in [1.807, 2.05) is 18.2 Å². The van der Waals surface area contributed by atoms with E-state index in [0.717, 1.165) is 17.7 Å². The first kappa shape index (κ1) is 15.0. The molecular weight excluding hydrogens is 298 g/mol. The van der Waals surface area contributed by atoms with Gasteiger partial charge in [0.1, 0.15) is 6.04 Å². The number of anilines is 1. The standard InChI is InChI=1S/C16H19N3O2S/c1-21-15(20)14-8-7-13(11-5-3-2-4-6-11)19(14)10-12-9-18-16(17)22-12/h2-6,9,13-14H,7-8,10H2,1H3,(H2,17,18)/t13-,14-/m0/s1. The SMILES string of the molecule is COC(=O)[C@@H]1CC[C@@H](c2ccccc2)N1Cc1cnc(N)s1. The molecule has 0 radical (unpaired) electrons. The van der Waals surface area contributed by atoms with Gasteiger partial charge < -0.3 is 10.5 Å². The zero-order chi connectivity index (χ0) is 15.5. The van der Waals surface area contributed by atoms with Crippen LogP contribution in [0.2, 0.25) is 0 Å². The number of nitrogens with two attached hydrogens (primary N) is 1. The molecule has 6 heteroatoms. The Hall–Kier alpha value is -1.92. The smallest absolute Gasteiger partial charge is 0.323 e. The largest absolute Gasteiger partial charge is 0.468 e. The minimum atomic E-state index is -0.210. The van der Waals surface area contributed by atoms with Crippen molar-refractivity contribution < 1.29 is 9.53 Å². The summed E-state index contributed by atoms with van der Waals surface area (Å²) in [4.78, 5) is 19.5. The molecule has 0 aliphatic carbocycles. The van der Waals surface area contributed by atoms with Gasteiger partial charge in [0, 0.05) is 23.7 Å². The van der Waals surface area contributed by atoms with Gasteiger partial charge in [-0.3, -0.25) is 9.69 Å². The van der Waals surface area contributed by atoms with Crippen LogP contribution < -0.4 is 5.73 Å². The predicted octanol–water partition coefficient (Wildman–Crippen LogP) is 2.60. The highest BCUT2D eigenvalue weighted by Crippen LogP contribution is 2.38. The number of likely N-dealkylation sites (tertiary alicyclic amines) is 1. The second-order valence-corrected chi connectivity index (χ2v) is 6.53. The fourth-order valence-corrected chi connectivity index (χ4v) is 3.78. The molecule has 1 aliphatic rings. The van der Waals surface area contributed by atoms with Gasteiger partial charge in [0.15, 0.2) is 5.13 Å². The zero-order valence-corrected chi connectivity index (χ0v) is 13.3. The van der Waals surface area contributed by atoms with Crippen molar-refractivity contribution in [1.29, 1.82) is 0 Å². The Morgan fingerprint density at radius 3 is 2.82 bits per heavy atom. The van der Waals surface area contributed by atoms with Crippen molar-refractivity contribution in [2.75, 3.05) is 12.8 Å². The average molecular weight is 317 g/mol. The third kappa shape index (κ3) is 2.98. The van der Waals surface area contributed by atoms with Gasteiger partial charge in [-0.25, -0.2) is 4.98 Å². The Morgan fingerprint density at radius 1 is 1.41 bits per heavy atom. The molecule has 0 amide bonds. The number of carbonyl (C=O) groups excluding carboxylic acids is 1. The van der Waals surface area contributed by atoms with Crippen LogP contribution in [0.15, 0.2) is 36.5 Å². The predicted molar refractivity (Wildman–Crippen MR) is 86.3 cm³/mol. The first-order chi connectivity index (χ1) is 10.7. The fraction of sp³-hybridized carbons (Fsp3) is 0.375. The van der Waals surface area contributed by atoms with Gasteiger partial charge in [0.2, 0.25) is 0 Å². The summed E-state index contributed by atoms with van der Waals surface area (Å²) in [5.74, 6) is -0.170. The lowest BCUT2D eigenvalue weighted by molar-refractivity contribution is -0.146. The number of nitrogen functional groups attached to an aromatic ring is 1. The number of benzene rings is 1. The highest BCUT2D eigenvalue weighted by molar-refractivity contribution is 7.15. The van der Waals surface area contributed by atoms with E-state index < -0.39 is 0 Å². The van der Waals surface area contributed by atoms with Crippen molar-refractivity contribution in [2.45, 2.75) is 31.5 Å². The van der Waals surface area contributed by atoms with Crippen molar-refractivity contribution in [3.8, 4) is 0 Å². The molecule has 2 aromatic rings. The minimum absolute atomic E-state index is 0.170. The van der Waals surface area contributed by atoms with E-state index in [4.69, 9.17) is 10.5 Å². The summed E-state index contributed by atoms with van der Waals surface area (Å²) in [5, 5.41) is 0.556. The number of carbonyl (C=O) groups is 1. The zero-order valence-electron chi connectivity index (χ0n) is 12.4. The summed E-state index contributed by atoms with van der Waals surface area (Å²) in [7, 11) is 1.45. The first-order valence-corrected chi connectivity index (χ1v) is 8.09. The molecule has 3 rings (SSSR count). The fourth-order valence-electron chi connectivity index (χ4n) is 3.08. The molecule has 0 bridgehead atoms. The van der Waals surface area contributed by atoms with Crippen LogP contribution in [0.3, 0.4) is 0 Å². The van der Waals surface area contributed by atoms with Crippen LogP contribution in [0, 0.1) is 0 Å². The van der Waals surface area contributed by atoms with E-state index in [9.17, 15) is 4.79 Å². The summed E-state index contributed by atoms with van der Waals surface area (Å²) in [6.45, 7) is 0.661. The van der Waals surface area contributed by atoms with Gasteiger partial charge in [-0.2, -0.15) is 0 Å². The average Bonchev–Trinajstić information content (AvgIpc) is 3.14. The Balaban J connectivity index is 1.87. The first-order valence-electron chi connectivity index (χ1n) is 7.27. The molecule has 0 unspecified atom stereocenters. The maximum atomic E-state index is 12.1. The molecule has 2 heterocycles. The number of esters is 1. The van der Waals surface area contributed by atoms with E-state index in [2.05, 4.69) is 22.0 Å². The summed E-state index contributed by atoms with van der Waals surface area (Å²) < 4.78 is 4.97. The number of hydrogen-bond donors (Lipinski definition) is 1. The van der Waals surface area contributed by atoms with Crippen LogP contribution in [-0.4, -0.2) is 29.0 Å². The van der Waals surface area contributed by atoms with E-state index in [-0.39, 0.29) is 18.1 Å². The second kappa shape index (κ2) is 6.46. The number of aromatic nitrogens is 1. The van der Waals surface area contributed by atoms with Gasteiger partial charge in [0.25, 0.3) is 0 Å². The van der Waals surface area contributed by atoms with Gasteiger partial charge in [-0.15, -0.1) is 11.3 Å². The third-order valence-corrected chi connectivity index (χ3v) is 4.89. The van der Waals surface area contributed by atoms with E-state index in [1.54, 1.807) is 6.20 Å². The Bertz CT molecular complexity index is 644. The number of methoxy groups -OCH3 is 1. The normalized spacial score (nSPS) is 21.9. The lowest BCUT2D eigenvalue weighted by Gasteiger charge is -2.28. The molecule has 1 fully saturated rings. The van der Waals surface area contributed by atoms with Crippen molar-refractivity contribution in [3.63, 3.8) is 0 Å². The molecule has 22 heavy (non-hydrogen) atoms. The van der Waals surface area contributed by atoms with Crippen LogP contribution in [0.4, 0.5) is 5.13 Å². The topological polar surface area (TPSA) is 68.5 Å². The molecule has 1 saturated heterocycles. The van der Waals surface area contributed by atoms with Crippen molar-refractivity contribution in [1.82, 2.24) is 9.88 Å².